The molecule has 164 valence electrons. The topological polar surface area (TPSA) is 110 Å². The first-order valence-corrected chi connectivity index (χ1v) is 12.1. The first-order chi connectivity index (χ1) is 15.0. The molecule has 0 aliphatic heterocycles. The van der Waals surface area contributed by atoms with Crippen LogP contribution in [-0.2, 0) is 27.7 Å². The minimum Gasteiger partial charge on any atom is -0.497 e. The summed E-state index contributed by atoms with van der Waals surface area (Å²) in [6.07, 6.45) is 2.67. The number of carbonyl (C=O) groups is 1. The second-order valence-electron chi connectivity index (χ2n) is 6.71. The highest BCUT2D eigenvalue weighted by Gasteiger charge is 2.15. The van der Waals surface area contributed by atoms with Crippen LogP contribution in [0.1, 0.15) is 23.4 Å². The van der Waals surface area contributed by atoms with Crippen LogP contribution in [0.2, 0.25) is 0 Å². The minimum absolute atomic E-state index is 0.0156. The van der Waals surface area contributed by atoms with Crippen molar-refractivity contribution in [2.75, 3.05) is 19.0 Å². The van der Waals surface area contributed by atoms with Gasteiger partial charge >= 0.3 is 0 Å². The summed E-state index contributed by atoms with van der Waals surface area (Å²) in [6, 6.07) is 16.2. The van der Waals surface area contributed by atoms with Gasteiger partial charge in [-0.1, -0.05) is 41.7 Å². The Morgan fingerprint density at radius 1 is 1.03 bits per heavy atom. The van der Waals surface area contributed by atoms with Gasteiger partial charge < -0.3 is 10.1 Å². The summed E-state index contributed by atoms with van der Waals surface area (Å²) >= 11 is 1.33. The maximum absolute atomic E-state index is 12.3. The van der Waals surface area contributed by atoms with Crippen LogP contribution < -0.4 is 14.8 Å². The third-order valence-corrected chi connectivity index (χ3v) is 6.80. The quantitative estimate of drug-likeness (QED) is 0.455. The molecule has 2 N–H and O–H groups in total. The van der Waals surface area contributed by atoms with Crippen LogP contribution in [-0.4, -0.2) is 38.2 Å². The fraction of sp³-hybridized carbons (Fsp3) is 0.286. The van der Waals surface area contributed by atoms with Crippen LogP contribution in [0.5, 0.6) is 5.75 Å². The number of benzene rings is 2. The number of nitrogens with one attached hydrogen (secondary N) is 2. The predicted octanol–water partition coefficient (Wildman–Crippen LogP) is 3.03. The second-order valence-corrected chi connectivity index (χ2v) is 9.54. The molecule has 2 aromatic carbocycles. The largest absolute Gasteiger partial charge is 0.497 e. The average Bonchev–Trinajstić information content (AvgIpc) is 3.21. The maximum atomic E-state index is 12.3. The van der Waals surface area contributed by atoms with E-state index in [1.807, 2.05) is 18.2 Å². The van der Waals surface area contributed by atoms with Gasteiger partial charge in [-0.15, -0.1) is 10.2 Å². The number of ether oxygens (including phenoxy) is 1. The van der Waals surface area contributed by atoms with Gasteiger partial charge in [0.2, 0.25) is 21.1 Å². The molecule has 1 amide bonds. The van der Waals surface area contributed by atoms with Crippen molar-refractivity contribution in [1.29, 1.82) is 0 Å². The lowest BCUT2D eigenvalue weighted by molar-refractivity contribution is -0.116. The highest BCUT2D eigenvalue weighted by molar-refractivity contribution is 7.89. The summed E-state index contributed by atoms with van der Waals surface area (Å²) in [5.41, 5.74) is 1.28. The first kappa shape index (κ1) is 22.9. The Bertz CT molecular complexity index is 1080. The van der Waals surface area contributed by atoms with E-state index in [0.29, 0.717) is 10.9 Å². The third-order valence-electron chi connectivity index (χ3n) is 4.43. The number of hydrogen-bond acceptors (Lipinski definition) is 7. The molecule has 0 saturated heterocycles. The van der Waals surface area contributed by atoms with Gasteiger partial charge in [-0.05, 0) is 42.7 Å². The lowest BCUT2D eigenvalue weighted by Gasteiger charge is -2.07. The van der Waals surface area contributed by atoms with Crippen molar-refractivity contribution in [3.8, 4) is 5.75 Å². The monoisotopic (exact) mass is 460 g/mol. The van der Waals surface area contributed by atoms with E-state index >= 15 is 0 Å². The molecule has 0 atom stereocenters. The number of methoxy groups -OCH3 is 1. The zero-order chi connectivity index (χ0) is 22.1. The molecular formula is C21H24N4O4S2. The molecule has 0 fully saturated rings. The fourth-order valence-electron chi connectivity index (χ4n) is 2.81. The van der Waals surface area contributed by atoms with Crippen molar-refractivity contribution in [3.63, 3.8) is 0 Å². The minimum atomic E-state index is -3.69. The smallest absolute Gasteiger partial charge is 0.240 e. The average molecular weight is 461 g/mol. The van der Waals surface area contributed by atoms with E-state index in [9.17, 15) is 13.2 Å². The zero-order valence-electron chi connectivity index (χ0n) is 17.1. The normalized spacial score (nSPS) is 11.3. The maximum Gasteiger partial charge on any atom is 0.240 e. The summed E-state index contributed by atoms with van der Waals surface area (Å²) < 4.78 is 32.0. The molecular weight excluding hydrogens is 436 g/mol. The van der Waals surface area contributed by atoms with Crippen LogP contribution >= 0.6 is 11.3 Å². The Labute approximate surface area is 185 Å². The molecule has 3 aromatic rings. The highest BCUT2D eigenvalue weighted by atomic mass is 32.2. The number of carbonyl (C=O) groups excluding carboxylic acids is 1. The standard InChI is InChI=1S/C21H24N4O4S2/c1-29-17-10-12-18(13-11-17)31(27,28)22-15-14-19(26)23-21-25-24-20(30-21)9-5-8-16-6-3-2-4-7-16/h2-4,6-7,10-13,22H,5,8-9,14-15H2,1H3,(H,23,25,26). The lowest BCUT2D eigenvalue weighted by atomic mass is 10.1. The molecule has 31 heavy (non-hydrogen) atoms. The molecule has 0 saturated carbocycles. The van der Waals surface area contributed by atoms with Gasteiger partial charge in [0, 0.05) is 19.4 Å². The molecule has 0 radical (unpaired) electrons. The van der Waals surface area contributed by atoms with E-state index < -0.39 is 10.0 Å². The molecule has 1 heterocycles. The number of aromatic nitrogens is 2. The van der Waals surface area contributed by atoms with Crippen LogP contribution in [0.3, 0.4) is 0 Å². The van der Waals surface area contributed by atoms with Crippen molar-refractivity contribution in [3.05, 3.63) is 65.2 Å². The fourth-order valence-corrected chi connectivity index (χ4v) is 4.64. The van der Waals surface area contributed by atoms with Gasteiger partial charge in [0.15, 0.2) is 0 Å². The molecule has 0 aliphatic rings. The van der Waals surface area contributed by atoms with E-state index in [0.717, 1.165) is 24.3 Å². The number of sulfonamides is 1. The molecule has 0 spiro atoms. The van der Waals surface area contributed by atoms with E-state index in [1.54, 1.807) is 12.1 Å². The van der Waals surface area contributed by atoms with Gasteiger partial charge in [0.25, 0.3) is 0 Å². The number of aryl methyl sites for hydroxylation is 2. The molecule has 0 unspecified atom stereocenters. The van der Waals surface area contributed by atoms with Crippen molar-refractivity contribution >= 4 is 32.4 Å². The van der Waals surface area contributed by atoms with Crippen LogP contribution in [0.25, 0.3) is 0 Å². The molecule has 1 aromatic heterocycles. The van der Waals surface area contributed by atoms with Crippen molar-refractivity contribution in [2.24, 2.45) is 0 Å². The molecule has 0 bridgehead atoms. The Balaban J connectivity index is 1.40. The third kappa shape index (κ3) is 7.12. The van der Waals surface area contributed by atoms with Crippen molar-refractivity contribution in [2.45, 2.75) is 30.6 Å². The number of nitrogens with zero attached hydrogens (tertiary/aromatic N) is 2. The van der Waals surface area contributed by atoms with Gasteiger partial charge in [-0.2, -0.15) is 0 Å². The van der Waals surface area contributed by atoms with E-state index in [4.69, 9.17) is 4.74 Å². The van der Waals surface area contributed by atoms with Gasteiger partial charge in [0.1, 0.15) is 10.8 Å². The van der Waals surface area contributed by atoms with Gasteiger partial charge in [-0.3, -0.25) is 4.79 Å². The Morgan fingerprint density at radius 2 is 1.77 bits per heavy atom. The molecule has 8 nitrogen and oxygen atoms in total. The van der Waals surface area contributed by atoms with Gasteiger partial charge in [0.05, 0.1) is 12.0 Å². The van der Waals surface area contributed by atoms with Crippen molar-refractivity contribution in [1.82, 2.24) is 14.9 Å². The second kappa shape index (κ2) is 11.0. The first-order valence-electron chi connectivity index (χ1n) is 9.76. The van der Waals surface area contributed by atoms with Crippen LogP contribution in [0, 0.1) is 0 Å². The Kier molecular flexibility index (Phi) is 8.10. The summed E-state index contributed by atoms with van der Waals surface area (Å²) in [5.74, 6) is 0.235. The molecule has 0 aliphatic carbocycles. The summed E-state index contributed by atoms with van der Waals surface area (Å²) in [4.78, 5) is 12.2. The number of hydrogen-bond donors (Lipinski definition) is 2. The molecule has 3 rings (SSSR count). The van der Waals surface area contributed by atoms with Crippen LogP contribution in [0.4, 0.5) is 5.13 Å². The van der Waals surface area contributed by atoms with Crippen LogP contribution in [0.15, 0.2) is 59.5 Å². The Hall–Kier alpha value is -2.82. The summed E-state index contributed by atoms with van der Waals surface area (Å²) in [6.45, 7) is -0.0249. The number of amides is 1. The lowest BCUT2D eigenvalue weighted by Crippen LogP contribution is -2.27. The predicted molar refractivity (Wildman–Crippen MR) is 120 cm³/mol. The molecule has 10 heteroatoms. The highest BCUT2D eigenvalue weighted by Crippen LogP contribution is 2.18. The van der Waals surface area contributed by atoms with E-state index in [2.05, 4.69) is 32.4 Å². The number of anilines is 1. The Morgan fingerprint density at radius 3 is 2.48 bits per heavy atom. The SMILES string of the molecule is COc1ccc(S(=O)(=O)NCCC(=O)Nc2nnc(CCCc3ccccc3)s2)cc1. The van der Waals surface area contributed by atoms with E-state index in [-0.39, 0.29) is 23.8 Å². The zero-order valence-corrected chi connectivity index (χ0v) is 18.7. The summed E-state index contributed by atoms with van der Waals surface area (Å²) in [5, 5.41) is 12.0. The van der Waals surface area contributed by atoms with E-state index in [1.165, 1.54) is 36.1 Å². The summed E-state index contributed by atoms with van der Waals surface area (Å²) in [7, 11) is -2.19. The van der Waals surface area contributed by atoms with Gasteiger partial charge in [-0.25, -0.2) is 13.1 Å². The van der Waals surface area contributed by atoms with Crippen molar-refractivity contribution < 1.29 is 17.9 Å². The number of rotatable bonds is 11.